The van der Waals surface area contributed by atoms with E-state index in [1.807, 2.05) is 0 Å². The first-order chi connectivity index (χ1) is 6.97. The molecule has 4 nitrogen and oxygen atoms in total. The largest absolute Gasteiger partial charge is 0.347 e. The first-order valence-electron chi connectivity index (χ1n) is 4.06. The van der Waals surface area contributed by atoms with E-state index < -0.39 is 11.9 Å². The van der Waals surface area contributed by atoms with Gasteiger partial charge in [-0.25, -0.2) is 0 Å². The molecule has 0 N–H and O–H groups in total. The van der Waals surface area contributed by atoms with Crippen LogP contribution in [0, 0.1) is 5.92 Å². The molecule has 0 aromatic carbocycles. The maximum Gasteiger partial charge on any atom is 0.329 e. The third kappa shape index (κ3) is 7.70. The molecule has 0 aliphatic rings. The van der Waals surface area contributed by atoms with Crippen LogP contribution >= 0.6 is 35.4 Å². The summed E-state index contributed by atoms with van der Waals surface area (Å²) >= 11 is 6.96. The molecule has 15 heavy (non-hydrogen) atoms. The molecule has 0 aliphatic carbocycles. The standard InChI is InChI=1S/C8H11ClO4S2/c1-5(10)14-3-7(8(12)13-9)4-15-6(2)11/h7H,3-4H2,1-2H3. The third-order valence-corrected chi connectivity index (χ3v) is 3.49. The van der Waals surface area contributed by atoms with Gasteiger partial charge in [-0.05, 0) is 0 Å². The van der Waals surface area contributed by atoms with Gasteiger partial charge in [-0.15, -0.1) is 0 Å². The summed E-state index contributed by atoms with van der Waals surface area (Å²) in [6.07, 6.45) is 0. The zero-order chi connectivity index (χ0) is 11.8. The molecule has 0 aromatic rings. The average molecular weight is 271 g/mol. The van der Waals surface area contributed by atoms with E-state index in [0.29, 0.717) is 0 Å². The number of halogens is 1. The minimum absolute atomic E-state index is 0.0878. The van der Waals surface area contributed by atoms with Crippen LogP contribution in [0.5, 0.6) is 0 Å². The lowest BCUT2D eigenvalue weighted by Crippen LogP contribution is -2.20. The van der Waals surface area contributed by atoms with Gasteiger partial charge < -0.3 is 4.29 Å². The van der Waals surface area contributed by atoms with Crippen molar-refractivity contribution < 1.29 is 18.7 Å². The summed E-state index contributed by atoms with van der Waals surface area (Å²) in [6.45, 7) is 2.82. The van der Waals surface area contributed by atoms with Crippen LogP contribution < -0.4 is 0 Å². The van der Waals surface area contributed by atoms with E-state index in [0.717, 1.165) is 23.5 Å². The van der Waals surface area contributed by atoms with Gasteiger partial charge in [-0.2, -0.15) is 0 Å². The summed E-state index contributed by atoms with van der Waals surface area (Å²) in [5.41, 5.74) is 0. The van der Waals surface area contributed by atoms with Crippen molar-refractivity contribution in [3.05, 3.63) is 0 Å². The number of carbonyl (C=O) groups excluding carboxylic acids is 3. The SMILES string of the molecule is CC(=O)SCC(CSC(C)=O)C(=O)OCl. The van der Waals surface area contributed by atoms with E-state index >= 15 is 0 Å². The molecule has 7 heteroatoms. The van der Waals surface area contributed by atoms with E-state index in [1.54, 1.807) is 0 Å². The van der Waals surface area contributed by atoms with Gasteiger partial charge >= 0.3 is 5.97 Å². The van der Waals surface area contributed by atoms with Crippen LogP contribution in [0.2, 0.25) is 0 Å². The minimum atomic E-state index is -0.612. The lowest BCUT2D eigenvalue weighted by molar-refractivity contribution is -0.136. The Morgan fingerprint density at radius 1 is 1.13 bits per heavy atom. The van der Waals surface area contributed by atoms with Gasteiger partial charge in [0, 0.05) is 25.4 Å². The van der Waals surface area contributed by atoms with Crippen molar-refractivity contribution in [2.24, 2.45) is 5.92 Å². The monoisotopic (exact) mass is 270 g/mol. The molecule has 0 saturated carbocycles. The summed E-state index contributed by atoms with van der Waals surface area (Å²) < 4.78 is 4.06. The van der Waals surface area contributed by atoms with Crippen molar-refractivity contribution in [3.8, 4) is 0 Å². The Hall–Kier alpha value is -0.200. The second kappa shape index (κ2) is 8.01. The molecule has 86 valence electrons. The molecule has 0 radical (unpaired) electrons. The number of carbonyl (C=O) groups is 3. The van der Waals surface area contributed by atoms with Gasteiger partial charge in [0.05, 0.1) is 5.92 Å². The summed E-state index contributed by atoms with van der Waals surface area (Å²) in [7, 11) is 0. The fourth-order valence-electron chi connectivity index (χ4n) is 0.683. The van der Waals surface area contributed by atoms with E-state index in [1.165, 1.54) is 13.8 Å². The number of thioether (sulfide) groups is 2. The molecule has 0 aromatic heterocycles. The predicted molar refractivity (Wildman–Crippen MR) is 61.7 cm³/mol. The zero-order valence-electron chi connectivity index (χ0n) is 8.32. The fraction of sp³-hybridized carbons (Fsp3) is 0.625. The normalized spacial score (nSPS) is 10.1. The van der Waals surface area contributed by atoms with Gasteiger partial charge in [0.1, 0.15) is 11.9 Å². The summed E-state index contributed by atoms with van der Waals surface area (Å²) in [5.74, 6) is -0.591. The van der Waals surface area contributed by atoms with Crippen LogP contribution in [0.3, 0.4) is 0 Å². The quantitative estimate of drug-likeness (QED) is 0.760. The van der Waals surface area contributed by atoms with Crippen LogP contribution in [0.25, 0.3) is 0 Å². The minimum Gasteiger partial charge on any atom is -0.347 e. The number of hydrogen-bond acceptors (Lipinski definition) is 6. The molecule has 0 unspecified atom stereocenters. The highest BCUT2D eigenvalue weighted by atomic mass is 35.5. The maximum absolute atomic E-state index is 11.1. The summed E-state index contributed by atoms with van der Waals surface area (Å²) in [6, 6.07) is 0. The smallest absolute Gasteiger partial charge is 0.329 e. The van der Waals surface area contributed by atoms with Gasteiger partial charge in [0.25, 0.3) is 0 Å². The Morgan fingerprint density at radius 3 is 1.80 bits per heavy atom. The number of hydrogen-bond donors (Lipinski definition) is 0. The zero-order valence-corrected chi connectivity index (χ0v) is 10.7. The Morgan fingerprint density at radius 2 is 1.53 bits per heavy atom. The first kappa shape index (κ1) is 14.8. The lowest BCUT2D eigenvalue weighted by atomic mass is 10.2. The second-order valence-corrected chi connectivity index (χ2v) is 5.25. The van der Waals surface area contributed by atoms with Crippen molar-refractivity contribution in [2.75, 3.05) is 11.5 Å². The summed E-state index contributed by atoms with van der Waals surface area (Å²) in [4.78, 5) is 32.5. The summed E-state index contributed by atoms with van der Waals surface area (Å²) in [5, 5.41) is -0.176. The Labute approximate surface area is 102 Å². The molecule has 0 bridgehead atoms. The van der Waals surface area contributed by atoms with Gasteiger partial charge in [0.2, 0.25) is 0 Å². The van der Waals surface area contributed by atoms with Crippen LogP contribution in [-0.2, 0) is 18.7 Å². The van der Waals surface area contributed by atoms with Gasteiger partial charge in [-0.3, -0.25) is 14.4 Å². The van der Waals surface area contributed by atoms with Crippen LogP contribution in [0.4, 0.5) is 0 Å². The molecule has 0 spiro atoms. The van der Waals surface area contributed by atoms with Crippen molar-refractivity contribution in [1.82, 2.24) is 0 Å². The Bertz CT molecular complexity index is 239. The molecule has 0 heterocycles. The number of rotatable bonds is 5. The van der Waals surface area contributed by atoms with E-state index in [2.05, 4.69) is 4.29 Å². The molecule has 0 fully saturated rings. The topological polar surface area (TPSA) is 60.4 Å². The molecule has 0 rings (SSSR count). The maximum atomic E-state index is 11.1. The van der Waals surface area contributed by atoms with Crippen molar-refractivity contribution in [2.45, 2.75) is 13.8 Å². The highest BCUT2D eigenvalue weighted by Crippen LogP contribution is 2.17. The molecular weight excluding hydrogens is 260 g/mol. The predicted octanol–water partition coefficient (Wildman–Crippen LogP) is 1.86. The van der Waals surface area contributed by atoms with Gasteiger partial charge in [-0.1, -0.05) is 23.5 Å². The third-order valence-electron chi connectivity index (χ3n) is 1.38. The van der Waals surface area contributed by atoms with Gasteiger partial charge in [0.15, 0.2) is 10.2 Å². The fourth-order valence-corrected chi connectivity index (χ4v) is 2.34. The van der Waals surface area contributed by atoms with Crippen molar-refractivity contribution in [1.29, 1.82) is 0 Å². The van der Waals surface area contributed by atoms with Crippen molar-refractivity contribution in [3.63, 3.8) is 0 Å². The van der Waals surface area contributed by atoms with E-state index in [9.17, 15) is 14.4 Å². The highest BCUT2D eigenvalue weighted by Gasteiger charge is 2.21. The van der Waals surface area contributed by atoms with E-state index in [-0.39, 0.29) is 21.7 Å². The average Bonchev–Trinajstić information content (AvgIpc) is 2.16. The van der Waals surface area contributed by atoms with Crippen LogP contribution in [0.15, 0.2) is 0 Å². The van der Waals surface area contributed by atoms with Crippen LogP contribution in [-0.4, -0.2) is 27.7 Å². The lowest BCUT2D eigenvalue weighted by Gasteiger charge is -2.10. The molecule has 0 atom stereocenters. The van der Waals surface area contributed by atoms with E-state index in [4.69, 9.17) is 11.9 Å². The molecular formula is C8H11ClO4S2. The Kier molecular flexibility index (Phi) is 7.90. The highest BCUT2D eigenvalue weighted by molar-refractivity contribution is 8.14. The molecule has 0 aliphatic heterocycles. The molecule has 0 saturated heterocycles. The second-order valence-electron chi connectivity index (χ2n) is 2.70. The molecule has 0 amide bonds. The van der Waals surface area contributed by atoms with Crippen molar-refractivity contribution >= 4 is 51.6 Å². The Balaban J connectivity index is 4.12. The first-order valence-corrected chi connectivity index (χ1v) is 6.34. The van der Waals surface area contributed by atoms with Crippen LogP contribution in [0.1, 0.15) is 13.8 Å².